The molecule has 0 aromatic rings. The molecule has 1 rings (SSSR count). The van der Waals surface area contributed by atoms with E-state index < -0.39 is 0 Å². The van der Waals surface area contributed by atoms with Gasteiger partial charge < -0.3 is 14.4 Å². The molecular formula is C14H25NO4. The third-order valence-corrected chi connectivity index (χ3v) is 3.77. The highest BCUT2D eigenvalue weighted by molar-refractivity contribution is 5.69. The molecule has 5 nitrogen and oxygen atoms in total. The van der Waals surface area contributed by atoms with Crippen molar-refractivity contribution < 1.29 is 19.1 Å². The van der Waals surface area contributed by atoms with Gasteiger partial charge in [0.1, 0.15) is 0 Å². The SMILES string of the molecule is CCOC(=O)CC1CCC(N(CC)C(=O)OC)CC1. The molecule has 1 aliphatic rings. The van der Waals surface area contributed by atoms with Gasteiger partial charge in [0.2, 0.25) is 0 Å². The second-order valence-electron chi connectivity index (χ2n) is 4.94. The molecule has 0 aromatic heterocycles. The average Bonchev–Trinajstić information content (AvgIpc) is 2.41. The quantitative estimate of drug-likeness (QED) is 0.721. The van der Waals surface area contributed by atoms with Crippen molar-refractivity contribution in [3.8, 4) is 0 Å². The van der Waals surface area contributed by atoms with E-state index in [9.17, 15) is 9.59 Å². The highest BCUT2D eigenvalue weighted by Gasteiger charge is 2.29. The lowest BCUT2D eigenvalue weighted by Gasteiger charge is -2.35. The van der Waals surface area contributed by atoms with Crippen LogP contribution in [0.15, 0.2) is 0 Å². The summed E-state index contributed by atoms with van der Waals surface area (Å²) in [5, 5.41) is 0. The smallest absolute Gasteiger partial charge is 0.409 e. The molecular weight excluding hydrogens is 246 g/mol. The summed E-state index contributed by atoms with van der Waals surface area (Å²) in [7, 11) is 1.41. The van der Waals surface area contributed by atoms with Crippen LogP contribution in [-0.2, 0) is 14.3 Å². The highest BCUT2D eigenvalue weighted by atomic mass is 16.5. The Kier molecular flexibility index (Phi) is 6.67. The zero-order chi connectivity index (χ0) is 14.3. The van der Waals surface area contributed by atoms with Gasteiger partial charge in [-0.05, 0) is 45.4 Å². The molecule has 0 radical (unpaired) electrons. The van der Waals surface area contributed by atoms with E-state index in [2.05, 4.69) is 0 Å². The highest BCUT2D eigenvalue weighted by Crippen LogP contribution is 2.30. The first-order valence-corrected chi connectivity index (χ1v) is 7.12. The maximum atomic E-state index is 11.6. The van der Waals surface area contributed by atoms with Crippen LogP contribution in [0.5, 0.6) is 0 Å². The van der Waals surface area contributed by atoms with Crippen molar-refractivity contribution in [2.24, 2.45) is 5.92 Å². The Balaban J connectivity index is 2.39. The third-order valence-electron chi connectivity index (χ3n) is 3.77. The number of rotatable bonds is 5. The Morgan fingerprint density at radius 3 is 2.26 bits per heavy atom. The molecule has 19 heavy (non-hydrogen) atoms. The van der Waals surface area contributed by atoms with Crippen molar-refractivity contribution >= 4 is 12.1 Å². The minimum absolute atomic E-state index is 0.105. The van der Waals surface area contributed by atoms with Crippen LogP contribution < -0.4 is 0 Å². The van der Waals surface area contributed by atoms with E-state index in [4.69, 9.17) is 9.47 Å². The zero-order valence-corrected chi connectivity index (χ0v) is 12.2. The zero-order valence-electron chi connectivity index (χ0n) is 12.2. The fourth-order valence-electron chi connectivity index (χ4n) is 2.77. The number of carbonyl (C=O) groups is 2. The molecule has 0 unspecified atom stereocenters. The van der Waals surface area contributed by atoms with Gasteiger partial charge in [-0.25, -0.2) is 4.79 Å². The van der Waals surface area contributed by atoms with Crippen LogP contribution in [-0.4, -0.2) is 43.3 Å². The number of methoxy groups -OCH3 is 1. The summed E-state index contributed by atoms with van der Waals surface area (Å²) in [6.07, 6.45) is 4.06. The van der Waals surface area contributed by atoms with Gasteiger partial charge >= 0.3 is 12.1 Å². The van der Waals surface area contributed by atoms with Crippen molar-refractivity contribution in [2.75, 3.05) is 20.3 Å². The van der Waals surface area contributed by atoms with E-state index in [1.54, 1.807) is 4.90 Å². The summed E-state index contributed by atoms with van der Waals surface area (Å²) in [4.78, 5) is 24.8. The first-order chi connectivity index (χ1) is 9.12. The van der Waals surface area contributed by atoms with Gasteiger partial charge in [-0.2, -0.15) is 0 Å². The number of esters is 1. The molecule has 1 saturated carbocycles. The molecule has 0 spiro atoms. The maximum absolute atomic E-state index is 11.6. The summed E-state index contributed by atoms with van der Waals surface area (Å²) in [6.45, 7) is 4.89. The topological polar surface area (TPSA) is 55.8 Å². The number of hydrogen-bond donors (Lipinski definition) is 0. The van der Waals surface area contributed by atoms with E-state index in [-0.39, 0.29) is 18.1 Å². The Bertz CT molecular complexity index is 298. The Morgan fingerprint density at radius 1 is 1.16 bits per heavy atom. The Labute approximate surface area is 115 Å². The molecule has 0 bridgehead atoms. The number of hydrogen-bond acceptors (Lipinski definition) is 4. The summed E-state index contributed by atoms with van der Waals surface area (Å²) < 4.78 is 9.76. The molecule has 1 fully saturated rings. The second kappa shape index (κ2) is 8.02. The van der Waals surface area contributed by atoms with Gasteiger partial charge in [0.15, 0.2) is 0 Å². The molecule has 1 aliphatic carbocycles. The standard InChI is InChI=1S/C14H25NO4/c1-4-15(14(17)18-3)12-8-6-11(7-9-12)10-13(16)19-5-2/h11-12H,4-10H2,1-3H3. The van der Waals surface area contributed by atoms with Gasteiger partial charge in [0.25, 0.3) is 0 Å². The molecule has 1 amide bonds. The first-order valence-electron chi connectivity index (χ1n) is 7.12. The summed E-state index contributed by atoms with van der Waals surface area (Å²) in [5.41, 5.74) is 0. The van der Waals surface area contributed by atoms with Crippen LogP contribution in [0.25, 0.3) is 0 Å². The van der Waals surface area contributed by atoms with Crippen LogP contribution in [0.4, 0.5) is 4.79 Å². The molecule has 0 heterocycles. The van der Waals surface area contributed by atoms with Gasteiger partial charge in [0, 0.05) is 19.0 Å². The molecule has 5 heteroatoms. The van der Waals surface area contributed by atoms with Crippen molar-refractivity contribution in [1.29, 1.82) is 0 Å². The summed E-state index contributed by atoms with van der Waals surface area (Å²) in [5.74, 6) is 0.290. The molecule has 0 saturated heterocycles. The van der Waals surface area contributed by atoms with Crippen LogP contribution in [0, 0.1) is 5.92 Å². The maximum Gasteiger partial charge on any atom is 0.409 e. The van der Waals surface area contributed by atoms with E-state index in [1.807, 2.05) is 13.8 Å². The average molecular weight is 271 g/mol. The molecule has 0 N–H and O–H groups in total. The van der Waals surface area contributed by atoms with Crippen molar-refractivity contribution in [1.82, 2.24) is 4.90 Å². The lowest BCUT2D eigenvalue weighted by Crippen LogP contribution is -2.42. The number of nitrogens with zero attached hydrogens (tertiary/aromatic N) is 1. The predicted octanol–water partition coefficient (Wildman–Crippen LogP) is 2.59. The third kappa shape index (κ3) is 4.73. The fraction of sp³-hybridized carbons (Fsp3) is 0.857. The lowest BCUT2D eigenvalue weighted by molar-refractivity contribution is -0.144. The van der Waals surface area contributed by atoms with Crippen LogP contribution in [0.1, 0.15) is 46.0 Å². The van der Waals surface area contributed by atoms with Crippen molar-refractivity contribution in [2.45, 2.75) is 52.0 Å². The summed E-state index contributed by atoms with van der Waals surface area (Å²) in [6, 6.07) is 0.246. The van der Waals surface area contributed by atoms with Crippen LogP contribution >= 0.6 is 0 Å². The van der Waals surface area contributed by atoms with Crippen molar-refractivity contribution in [3.05, 3.63) is 0 Å². The van der Waals surface area contributed by atoms with Crippen LogP contribution in [0.2, 0.25) is 0 Å². The van der Waals surface area contributed by atoms with Gasteiger partial charge in [-0.3, -0.25) is 4.79 Å². The Morgan fingerprint density at radius 2 is 1.79 bits per heavy atom. The van der Waals surface area contributed by atoms with Gasteiger partial charge in [-0.15, -0.1) is 0 Å². The van der Waals surface area contributed by atoms with Crippen LogP contribution in [0.3, 0.4) is 0 Å². The normalized spacial score (nSPS) is 22.7. The minimum Gasteiger partial charge on any atom is -0.466 e. The summed E-state index contributed by atoms with van der Waals surface area (Å²) >= 11 is 0. The first kappa shape index (κ1) is 15.8. The predicted molar refractivity (Wildman–Crippen MR) is 71.8 cm³/mol. The van der Waals surface area contributed by atoms with E-state index in [1.165, 1.54) is 7.11 Å². The van der Waals surface area contributed by atoms with Gasteiger partial charge in [0.05, 0.1) is 13.7 Å². The lowest BCUT2D eigenvalue weighted by atomic mass is 9.83. The second-order valence-corrected chi connectivity index (χ2v) is 4.94. The fourth-order valence-corrected chi connectivity index (χ4v) is 2.77. The van der Waals surface area contributed by atoms with E-state index in [0.29, 0.717) is 25.5 Å². The number of carbonyl (C=O) groups excluding carboxylic acids is 2. The van der Waals surface area contributed by atoms with E-state index in [0.717, 1.165) is 25.7 Å². The minimum atomic E-state index is -0.253. The van der Waals surface area contributed by atoms with E-state index >= 15 is 0 Å². The monoisotopic (exact) mass is 271 g/mol. The Hall–Kier alpha value is -1.26. The molecule has 0 aliphatic heterocycles. The van der Waals surface area contributed by atoms with Gasteiger partial charge in [-0.1, -0.05) is 0 Å². The number of ether oxygens (including phenoxy) is 2. The molecule has 0 atom stereocenters. The van der Waals surface area contributed by atoms with Crippen molar-refractivity contribution in [3.63, 3.8) is 0 Å². The number of amides is 1. The molecule has 0 aromatic carbocycles. The largest absolute Gasteiger partial charge is 0.466 e. The molecule has 110 valence electrons.